The summed E-state index contributed by atoms with van der Waals surface area (Å²) in [6.07, 6.45) is 0. The first-order valence-electron chi connectivity index (χ1n) is 24.4. The van der Waals surface area contributed by atoms with E-state index in [0.29, 0.717) is 0 Å². The van der Waals surface area contributed by atoms with Crippen LogP contribution >= 0.6 is 0 Å². The summed E-state index contributed by atoms with van der Waals surface area (Å²) in [6.45, 7) is 18.9. The normalized spacial score (nSPS) is 15.2. The lowest BCUT2D eigenvalue weighted by atomic mass is 9.72. The molecule has 10 aromatic carbocycles. The molecule has 4 nitrogen and oxygen atoms in total. The maximum absolute atomic E-state index is 6.67. The minimum atomic E-state index is -0.260. The molecule has 12 aromatic rings. The molecule has 0 fully saturated rings. The maximum atomic E-state index is 6.67. The van der Waals surface area contributed by atoms with E-state index in [-0.39, 0.29) is 22.7 Å². The van der Waals surface area contributed by atoms with E-state index in [9.17, 15) is 0 Å². The molecule has 68 heavy (non-hydrogen) atoms. The van der Waals surface area contributed by atoms with Gasteiger partial charge in [0.25, 0.3) is 0 Å². The molecule has 0 N–H and O–H groups in total. The van der Waals surface area contributed by atoms with Gasteiger partial charge in [-0.05, 0) is 115 Å². The van der Waals surface area contributed by atoms with Crippen LogP contribution in [0.25, 0.3) is 76.2 Å². The Labute approximate surface area is 396 Å². The summed E-state index contributed by atoms with van der Waals surface area (Å²) in [7, 11) is 0. The van der Waals surface area contributed by atoms with Gasteiger partial charge >= 0.3 is 0 Å². The fourth-order valence-electron chi connectivity index (χ4n) is 12.7. The zero-order valence-corrected chi connectivity index (χ0v) is 39.9. The fourth-order valence-corrected chi connectivity index (χ4v) is 12.7. The average Bonchev–Trinajstić information content (AvgIpc) is 3.90. The quantitative estimate of drug-likeness (QED) is 0.165. The lowest BCUT2D eigenvalue weighted by Gasteiger charge is -2.43. The lowest BCUT2D eigenvalue weighted by molar-refractivity contribution is 0.630. The molecule has 4 heterocycles. The number of nitrogens with zero attached hydrogens (tertiary/aromatic N) is 2. The molecule has 0 unspecified atom stereocenters. The van der Waals surface area contributed by atoms with Crippen LogP contribution < -0.4 is 9.80 Å². The average molecular weight is 881 g/mol. The Bertz CT molecular complexity index is 3850. The van der Waals surface area contributed by atoms with Gasteiger partial charge in [-0.1, -0.05) is 152 Å². The highest BCUT2D eigenvalue weighted by molar-refractivity contribution is 6.30. The minimum Gasteiger partial charge on any atom is -0.456 e. The van der Waals surface area contributed by atoms with Crippen molar-refractivity contribution in [3.63, 3.8) is 0 Å². The number of furan rings is 2. The molecule has 0 bridgehead atoms. The summed E-state index contributed by atoms with van der Waals surface area (Å²) in [5.74, 6) is 0.538. The molecule has 0 aliphatic carbocycles. The van der Waals surface area contributed by atoms with Gasteiger partial charge in [0.15, 0.2) is 0 Å². The zero-order chi connectivity index (χ0) is 46.1. The van der Waals surface area contributed by atoms with Crippen molar-refractivity contribution in [1.82, 2.24) is 0 Å². The van der Waals surface area contributed by atoms with E-state index in [4.69, 9.17) is 8.83 Å². The van der Waals surface area contributed by atoms with Gasteiger partial charge in [0, 0.05) is 55.3 Å². The van der Waals surface area contributed by atoms with Crippen LogP contribution in [0.3, 0.4) is 0 Å². The third-order valence-electron chi connectivity index (χ3n) is 16.1. The van der Waals surface area contributed by atoms with Gasteiger partial charge in [0.2, 0.25) is 0 Å². The van der Waals surface area contributed by atoms with Gasteiger partial charge in [-0.3, -0.25) is 0 Å². The van der Waals surface area contributed by atoms with Crippen LogP contribution in [0.2, 0.25) is 0 Å². The van der Waals surface area contributed by atoms with Gasteiger partial charge in [0.1, 0.15) is 22.3 Å². The number of rotatable bonds is 4. The highest BCUT2D eigenvalue weighted by Gasteiger charge is 2.41. The summed E-state index contributed by atoms with van der Waals surface area (Å²) in [4.78, 5) is 5.12. The topological polar surface area (TPSA) is 32.8 Å². The van der Waals surface area contributed by atoms with Crippen molar-refractivity contribution in [2.75, 3.05) is 9.80 Å². The van der Waals surface area contributed by atoms with Crippen LogP contribution in [0.1, 0.15) is 101 Å². The third kappa shape index (κ3) is 5.10. The van der Waals surface area contributed by atoms with E-state index in [0.717, 1.165) is 55.3 Å². The van der Waals surface area contributed by atoms with E-state index in [2.05, 4.69) is 223 Å². The SMILES string of the molecule is CC(C)c1cc(N2c3ccccc3C(C)(C)c3cc4c(cc32)oc2ccccc24)c2ccc3c(C(C)C)cc(N4c5ccccc5C(C)(C)c5cc6c(cc54)oc4ccccc46)c4ccc1c2c34. The van der Waals surface area contributed by atoms with Gasteiger partial charge < -0.3 is 18.6 Å². The Hall–Kier alpha value is -7.56. The lowest BCUT2D eigenvalue weighted by Crippen LogP contribution is -2.31. The van der Waals surface area contributed by atoms with Crippen LogP contribution in [0, 0.1) is 0 Å². The molecule has 0 radical (unpaired) electrons. The van der Waals surface area contributed by atoms with Crippen molar-refractivity contribution in [1.29, 1.82) is 0 Å². The van der Waals surface area contributed by atoms with E-state index >= 15 is 0 Å². The molecule has 14 rings (SSSR count). The smallest absolute Gasteiger partial charge is 0.137 e. The number of hydrogen-bond acceptors (Lipinski definition) is 4. The highest BCUT2D eigenvalue weighted by atomic mass is 16.3. The van der Waals surface area contributed by atoms with E-state index in [1.54, 1.807) is 0 Å². The first kappa shape index (κ1) is 39.6. The molecular formula is C64H52N2O2. The molecule has 0 amide bonds. The van der Waals surface area contributed by atoms with E-state index in [1.807, 2.05) is 0 Å². The number of para-hydroxylation sites is 4. The summed E-state index contributed by atoms with van der Waals surface area (Å²) < 4.78 is 13.3. The predicted octanol–water partition coefficient (Wildman–Crippen LogP) is 18.8. The summed E-state index contributed by atoms with van der Waals surface area (Å²) in [5, 5.41) is 12.4. The van der Waals surface area contributed by atoms with Gasteiger partial charge in [-0.25, -0.2) is 0 Å². The van der Waals surface area contributed by atoms with Crippen molar-refractivity contribution in [3.05, 3.63) is 191 Å². The van der Waals surface area contributed by atoms with Crippen LogP contribution in [0.4, 0.5) is 34.1 Å². The van der Waals surface area contributed by atoms with Gasteiger partial charge in [-0.2, -0.15) is 0 Å². The minimum absolute atomic E-state index is 0.260. The zero-order valence-electron chi connectivity index (χ0n) is 39.9. The van der Waals surface area contributed by atoms with Crippen LogP contribution in [0.15, 0.2) is 167 Å². The first-order chi connectivity index (χ1) is 32.9. The monoisotopic (exact) mass is 880 g/mol. The molecule has 330 valence electrons. The molecule has 4 heteroatoms. The van der Waals surface area contributed by atoms with E-state index < -0.39 is 0 Å². The molecule has 2 aliphatic heterocycles. The molecule has 0 saturated carbocycles. The second-order valence-electron chi connectivity index (χ2n) is 21.2. The number of fused-ring (bicyclic) bond motifs is 10. The fraction of sp³-hybridized carbons (Fsp3) is 0.188. The number of benzene rings is 10. The summed E-state index contributed by atoms with van der Waals surface area (Å²) in [5.41, 5.74) is 18.1. The van der Waals surface area contributed by atoms with Crippen molar-refractivity contribution in [3.8, 4) is 0 Å². The highest BCUT2D eigenvalue weighted by Crippen LogP contribution is 2.59. The summed E-state index contributed by atoms with van der Waals surface area (Å²) in [6, 6.07) is 59.1. The van der Waals surface area contributed by atoms with Crippen molar-refractivity contribution >= 4 is 110 Å². The van der Waals surface area contributed by atoms with Gasteiger partial charge in [0.05, 0.1) is 34.1 Å². The molecule has 0 saturated heterocycles. The third-order valence-corrected chi connectivity index (χ3v) is 16.1. The molecule has 2 aromatic heterocycles. The van der Waals surface area contributed by atoms with Crippen molar-refractivity contribution < 1.29 is 8.83 Å². The van der Waals surface area contributed by atoms with Gasteiger partial charge in [-0.15, -0.1) is 0 Å². The van der Waals surface area contributed by atoms with Crippen LogP contribution in [-0.2, 0) is 10.8 Å². The predicted molar refractivity (Wildman–Crippen MR) is 287 cm³/mol. The Morgan fingerprint density at radius 3 is 1.13 bits per heavy atom. The maximum Gasteiger partial charge on any atom is 0.137 e. The van der Waals surface area contributed by atoms with E-state index in [1.165, 1.54) is 88.4 Å². The van der Waals surface area contributed by atoms with Crippen LogP contribution in [-0.4, -0.2) is 0 Å². The molecule has 0 atom stereocenters. The largest absolute Gasteiger partial charge is 0.456 e. The Morgan fingerprint density at radius 2 is 0.706 bits per heavy atom. The van der Waals surface area contributed by atoms with Crippen LogP contribution in [0.5, 0.6) is 0 Å². The Balaban J connectivity index is 1.10. The number of anilines is 6. The second-order valence-corrected chi connectivity index (χ2v) is 21.2. The second kappa shape index (κ2) is 13.5. The Morgan fingerprint density at radius 1 is 0.324 bits per heavy atom. The standard InChI is InChI=1S/C64H52N2O2/c1-35(2)43-31-53(65-51-21-13-11-19-47(51)63(5,6)49-29-45-37-17-9-15-23-57(37)67-59(45)33-55(49)65)41-28-26-40-44(36(3)4)32-54(42-27-25-39(43)61(41)62(40)42)66-52-22-14-12-20-48(52)64(7,8)50-30-46-38-18-10-16-24-58(38)68-60(46)34-56(50)66/h9-36H,1-8H3. The number of hydrogen-bond donors (Lipinski definition) is 0. The van der Waals surface area contributed by atoms with Crippen molar-refractivity contribution in [2.24, 2.45) is 0 Å². The molecule has 0 spiro atoms. The summed E-state index contributed by atoms with van der Waals surface area (Å²) >= 11 is 0. The van der Waals surface area contributed by atoms with Crippen molar-refractivity contribution in [2.45, 2.75) is 78.1 Å². The Kier molecular flexibility index (Phi) is 7.88. The first-order valence-corrected chi connectivity index (χ1v) is 24.4. The molecule has 2 aliphatic rings. The molecular weight excluding hydrogens is 829 g/mol.